The molecule has 3 saturated carbocycles. The van der Waals surface area contributed by atoms with Gasteiger partial charge in [-0.25, -0.2) is 0 Å². The first-order chi connectivity index (χ1) is 14.2. The van der Waals surface area contributed by atoms with Gasteiger partial charge < -0.3 is 15.3 Å². The highest BCUT2D eigenvalue weighted by Gasteiger charge is 2.50. The van der Waals surface area contributed by atoms with Gasteiger partial charge in [0.25, 0.3) is 0 Å². The van der Waals surface area contributed by atoms with Gasteiger partial charge in [-0.05, 0) is 93.5 Å². The maximum Gasteiger partial charge on any atom is 0.0849 e. The largest absolute Gasteiger partial charge is 0.393 e. The molecule has 0 spiro atoms. The molecular formula is C27H44O3. The molecule has 0 heterocycles. The van der Waals surface area contributed by atoms with Gasteiger partial charge in [0.15, 0.2) is 0 Å². The van der Waals surface area contributed by atoms with Crippen LogP contribution in [0.5, 0.6) is 0 Å². The lowest BCUT2D eigenvalue weighted by atomic mass is 9.60. The van der Waals surface area contributed by atoms with E-state index < -0.39 is 5.60 Å². The molecule has 0 aromatic carbocycles. The Bertz CT molecular complexity index is 674. The molecule has 3 aliphatic rings. The molecule has 3 heteroatoms. The molecule has 3 aliphatic carbocycles. The Morgan fingerprint density at radius 3 is 2.73 bits per heavy atom. The van der Waals surface area contributed by atoms with Crippen molar-refractivity contribution in [2.24, 2.45) is 23.2 Å². The van der Waals surface area contributed by atoms with E-state index in [-0.39, 0.29) is 12.7 Å². The summed E-state index contributed by atoms with van der Waals surface area (Å²) in [5.41, 5.74) is 3.50. The monoisotopic (exact) mass is 416 g/mol. The first-order valence-electron chi connectivity index (χ1n) is 12.3. The van der Waals surface area contributed by atoms with E-state index in [0.717, 1.165) is 38.0 Å². The van der Waals surface area contributed by atoms with Gasteiger partial charge in [0, 0.05) is 0 Å². The fourth-order valence-electron chi connectivity index (χ4n) is 6.69. The van der Waals surface area contributed by atoms with E-state index in [0.29, 0.717) is 23.7 Å². The van der Waals surface area contributed by atoms with Crippen LogP contribution in [-0.4, -0.2) is 33.6 Å². The summed E-state index contributed by atoms with van der Waals surface area (Å²) >= 11 is 0. The number of rotatable bonds is 7. The Labute approximate surface area is 184 Å². The Balaban J connectivity index is 1.66. The van der Waals surface area contributed by atoms with Gasteiger partial charge in [0.2, 0.25) is 0 Å². The van der Waals surface area contributed by atoms with Crippen LogP contribution in [0.25, 0.3) is 0 Å². The molecular weight excluding hydrogens is 372 g/mol. The lowest BCUT2D eigenvalue weighted by molar-refractivity contribution is -0.00891. The minimum absolute atomic E-state index is 0.155. The predicted octanol–water partition coefficient (Wildman–Crippen LogP) is 5.71. The second-order valence-electron chi connectivity index (χ2n) is 11.1. The maximum absolute atomic E-state index is 10.1. The zero-order valence-electron chi connectivity index (χ0n) is 19.5. The third-order valence-electron chi connectivity index (χ3n) is 8.63. The second-order valence-corrected chi connectivity index (χ2v) is 11.1. The lowest BCUT2D eigenvalue weighted by Crippen LogP contribution is -2.36. The molecule has 0 bridgehead atoms. The zero-order chi connectivity index (χ0) is 21.9. The number of aliphatic hydroxyl groups excluding tert-OH is 2. The third kappa shape index (κ3) is 5.29. The summed E-state index contributed by atoms with van der Waals surface area (Å²) in [6.45, 7) is 10.7. The SMILES string of the molecule is C=C1CC[C@H](O)CC1=CC=C1CCC[C@@]2(C)C1CC[C@@H]2[C@H](C)CCCC(C)(O)CO. The first kappa shape index (κ1) is 23.8. The summed E-state index contributed by atoms with van der Waals surface area (Å²) in [5, 5.41) is 29.4. The van der Waals surface area contributed by atoms with Crippen molar-refractivity contribution in [2.75, 3.05) is 6.61 Å². The van der Waals surface area contributed by atoms with E-state index in [1.54, 1.807) is 12.5 Å². The van der Waals surface area contributed by atoms with E-state index in [4.69, 9.17) is 0 Å². The average Bonchev–Trinajstić information content (AvgIpc) is 3.06. The highest BCUT2D eigenvalue weighted by atomic mass is 16.3. The molecule has 2 unspecified atom stereocenters. The molecule has 0 aromatic heterocycles. The zero-order valence-corrected chi connectivity index (χ0v) is 19.5. The van der Waals surface area contributed by atoms with Crippen molar-refractivity contribution >= 4 is 0 Å². The molecule has 3 rings (SSSR count). The summed E-state index contributed by atoms with van der Waals surface area (Å²) in [4.78, 5) is 0. The van der Waals surface area contributed by atoms with Crippen molar-refractivity contribution in [3.8, 4) is 0 Å². The average molecular weight is 417 g/mol. The van der Waals surface area contributed by atoms with Gasteiger partial charge in [-0.2, -0.15) is 0 Å². The van der Waals surface area contributed by atoms with Crippen molar-refractivity contribution in [3.05, 3.63) is 35.5 Å². The van der Waals surface area contributed by atoms with Gasteiger partial charge in [-0.15, -0.1) is 0 Å². The fourth-order valence-corrected chi connectivity index (χ4v) is 6.69. The van der Waals surface area contributed by atoms with E-state index >= 15 is 0 Å². The van der Waals surface area contributed by atoms with Gasteiger partial charge >= 0.3 is 0 Å². The molecule has 170 valence electrons. The summed E-state index contributed by atoms with van der Waals surface area (Å²) in [7, 11) is 0. The summed E-state index contributed by atoms with van der Waals surface area (Å²) in [6, 6.07) is 0. The highest BCUT2D eigenvalue weighted by Crippen LogP contribution is 2.60. The molecule has 0 amide bonds. The lowest BCUT2D eigenvalue weighted by Gasteiger charge is -2.44. The second kappa shape index (κ2) is 9.71. The molecule has 0 radical (unpaired) electrons. The first-order valence-corrected chi connectivity index (χ1v) is 12.3. The van der Waals surface area contributed by atoms with E-state index in [1.807, 2.05) is 0 Å². The van der Waals surface area contributed by atoms with Crippen molar-refractivity contribution in [1.82, 2.24) is 0 Å². The third-order valence-corrected chi connectivity index (χ3v) is 8.63. The van der Waals surface area contributed by atoms with Gasteiger partial charge in [0.1, 0.15) is 0 Å². The van der Waals surface area contributed by atoms with Crippen molar-refractivity contribution < 1.29 is 15.3 Å². The predicted molar refractivity (Wildman–Crippen MR) is 124 cm³/mol. The van der Waals surface area contributed by atoms with Crippen LogP contribution in [0.1, 0.15) is 91.4 Å². The Hall–Kier alpha value is -0.900. The molecule has 3 nitrogen and oxygen atoms in total. The molecule has 0 aliphatic heterocycles. The maximum atomic E-state index is 10.1. The highest BCUT2D eigenvalue weighted by molar-refractivity contribution is 5.36. The smallest absolute Gasteiger partial charge is 0.0849 e. The van der Waals surface area contributed by atoms with Crippen molar-refractivity contribution in [2.45, 2.75) is 103 Å². The van der Waals surface area contributed by atoms with Crippen LogP contribution in [0.4, 0.5) is 0 Å². The van der Waals surface area contributed by atoms with Crippen LogP contribution in [0, 0.1) is 23.2 Å². The molecule has 3 fully saturated rings. The van der Waals surface area contributed by atoms with Crippen molar-refractivity contribution in [3.63, 3.8) is 0 Å². The summed E-state index contributed by atoms with van der Waals surface area (Å²) in [6.07, 6.45) is 16.1. The van der Waals surface area contributed by atoms with Gasteiger partial charge in [-0.3, -0.25) is 0 Å². The summed E-state index contributed by atoms with van der Waals surface area (Å²) < 4.78 is 0. The topological polar surface area (TPSA) is 60.7 Å². The molecule has 30 heavy (non-hydrogen) atoms. The number of allylic oxidation sites excluding steroid dienone is 4. The van der Waals surface area contributed by atoms with Crippen LogP contribution in [0.3, 0.4) is 0 Å². The minimum atomic E-state index is -0.938. The number of fused-ring (bicyclic) bond motifs is 1. The van der Waals surface area contributed by atoms with Crippen LogP contribution < -0.4 is 0 Å². The molecule has 0 saturated heterocycles. The van der Waals surface area contributed by atoms with Crippen LogP contribution >= 0.6 is 0 Å². The molecule has 0 aromatic rings. The summed E-state index contributed by atoms with van der Waals surface area (Å²) in [5.74, 6) is 2.07. The Kier molecular flexibility index (Phi) is 7.69. The van der Waals surface area contributed by atoms with Crippen molar-refractivity contribution in [1.29, 1.82) is 0 Å². The number of hydrogen-bond acceptors (Lipinski definition) is 3. The standard InChI is InChI=1S/C27H44O3/c1-19-9-12-23(29)17-22(19)11-10-21-8-6-16-27(4)24(13-14-25(21)27)20(2)7-5-15-26(3,30)18-28/h10-11,20,23-25,28-30H,1,5-9,12-18H2,2-4H3/t20-,23+,24-,25?,26?,27-/m1/s1. The van der Waals surface area contributed by atoms with Gasteiger partial charge in [0.05, 0.1) is 18.3 Å². The van der Waals surface area contributed by atoms with E-state index in [1.165, 1.54) is 43.3 Å². The Morgan fingerprint density at radius 1 is 1.23 bits per heavy atom. The normalized spacial score (nSPS) is 37.9. The van der Waals surface area contributed by atoms with E-state index in [2.05, 4.69) is 32.6 Å². The van der Waals surface area contributed by atoms with Crippen LogP contribution in [0.15, 0.2) is 35.5 Å². The molecule has 6 atom stereocenters. The number of aliphatic hydroxyl groups is 3. The fraction of sp³-hybridized carbons (Fsp3) is 0.778. The quantitative estimate of drug-likeness (QED) is 0.498. The molecule has 3 N–H and O–H groups in total. The van der Waals surface area contributed by atoms with E-state index in [9.17, 15) is 15.3 Å². The number of hydrogen-bond donors (Lipinski definition) is 3. The van der Waals surface area contributed by atoms with Crippen LogP contribution in [0.2, 0.25) is 0 Å². The van der Waals surface area contributed by atoms with Gasteiger partial charge in [-0.1, -0.05) is 56.6 Å². The van der Waals surface area contributed by atoms with Crippen LogP contribution in [-0.2, 0) is 0 Å². The minimum Gasteiger partial charge on any atom is -0.393 e. The Morgan fingerprint density at radius 2 is 2.00 bits per heavy atom.